The van der Waals surface area contributed by atoms with Gasteiger partial charge in [-0.3, -0.25) is 9.59 Å². The molecule has 2 aromatic rings. The zero-order valence-electron chi connectivity index (χ0n) is 13.9. The summed E-state index contributed by atoms with van der Waals surface area (Å²) in [6, 6.07) is 15.5. The minimum atomic E-state index is -1.26. The van der Waals surface area contributed by atoms with Crippen molar-refractivity contribution < 1.29 is 14.3 Å². The predicted octanol–water partition coefficient (Wildman–Crippen LogP) is 4.13. The van der Waals surface area contributed by atoms with E-state index in [0.29, 0.717) is 6.54 Å². The molecular weight excluding hydrogens is 382 g/mol. The zero-order chi connectivity index (χ0) is 17.6. The Hall–Kier alpha value is -2.14. The van der Waals surface area contributed by atoms with Crippen LogP contribution in [0.4, 0.5) is 5.69 Å². The Labute approximate surface area is 154 Å². The quantitative estimate of drug-likeness (QED) is 0.728. The van der Waals surface area contributed by atoms with Crippen LogP contribution in [0.2, 0.25) is 0 Å². The third-order valence-corrected chi connectivity index (χ3v) is 5.49. The normalized spacial score (nSPS) is 24.7. The number of hydrogen-bond acceptors (Lipinski definition) is 3. The Morgan fingerprint density at radius 2 is 1.96 bits per heavy atom. The summed E-state index contributed by atoms with van der Waals surface area (Å²) >= 11 is 3.50. The molecule has 2 aliphatic heterocycles. The lowest BCUT2D eigenvalue weighted by molar-refractivity contribution is -0.157. The number of amides is 1. The van der Waals surface area contributed by atoms with Crippen LogP contribution in [0.15, 0.2) is 53.0 Å². The van der Waals surface area contributed by atoms with E-state index < -0.39 is 5.60 Å². The van der Waals surface area contributed by atoms with Crippen molar-refractivity contribution >= 4 is 33.5 Å². The molecule has 0 aromatic heterocycles. The summed E-state index contributed by atoms with van der Waals surface area (Å²) in [6.45, 7) is 2.64. The molecule has 5 heteroatoms. The molecule has 1 saturated heterocycles. The SMILES string of the molecule is CCCN1C(=O)[C@@]2(OC(=O)C[C@H]2c2ccccc2)c2cc(Br)ccc21. The number of ether oxygens (including phenoxy) is 1. The lowest BCUT2D eigenvalue weighted by Crippen LogP contribution is -2.43. The van der Waals surface area contributed by atoms with Crippen LogP contribution in [0, 0.1) is 0 Å². The molecular formula is C20H18BrNO3. The largest absolute Gasteiger partial charge is 0.443 e. The van der Waals surface area contributed by atoms with E-state index in [1.165, 1.54) is 0 Å². The summed E-state index contributed by atoms with van der Waals surface area (Å²) in [7, 11) is 0. The third-order valence-electron chi connectivity index (χ3n) is 5.00. The van der Waals surface area contributed by atoms with E-state index in [9.17, 15) is 9.59 Å². The Balaban J connectivity index is 1.94. The molecule has 0 saturated carbocycles. The van der Waals surface area contributed by atoms with Crippen molar-refractivity contribution in [2.45, 2.75) is 31.3 Å². The molecule has 1 fully saturated rings. The van der Waals surface area contributed by atoms with E-state index in [4.69, 9.17) is 4.74 Å². The fourth-order valence-corrected chi connectivity index (χ4v) is 4.35. The van der Waals surface area contributed by atoms with Gasteiger partial charge in [0, 0.05) is 22.5 Å². The second-order valence-corrected chi connectivity index (χ2v) is 7.41. The smallest absolute Gasteiger partial charge is 0.308 e. The number of hydrogen-bond donors (Lipinski definition) is 0. The van der Waals surface area contributed by atoms with Crippen LogP contribution in [0.25, 0.3) is 0 Å². The van der Waals surface area contributed by atoms with Crippen LogP contribution in [-0.2, 0) is 19.9 Å². The molecule has 128 valence electrons. The van der Waals surface area contributed by atoms with Gasteiger partial charge in [-0.25, -0.2) is 0 Å². The molecule has 2 heterocycles. The van der Waals surface area contributed by atoms with Crippen LogP contribution in [-0.4, -0.2) is 18.4 Å². The summed E-state index contributed by atoms with van der Waals surface area (Å²) in [4.78, 5) is 27.5. The maximum absolute atomic E-state index is 13.5. The molecule has 4 rings (SSSR count). The number of anilines is 1. The number of benzene rings is 2. The van der Waals surface area contributed by atoms with E-state index >= 15 is 0 Å². The number of carbonyl (C=O) groups is 2. The highest BCUT2D eigenvalue weighted by atomic mass is 79.9. The van der Waals surface area contributed by atoms with Crippen molar-refractivity contribution in [2.75, 3.05) is 11.4 Å². The minimum Gasteiger partial charge on any atom is -0.443 e. The number of rotatable bonds is 3. The second kappa shape index (κ2) is 5.99. The summed E-state index contributed by atoms with van der Waals surface area (Å²) < 4.78 is 6.66. The van der Waals surface area contributed by atoms with Crippen LogP contribution < -0.4 is 4.90 Å². The van der Waals surface area contributed by atoms with Gasteiger partial charge in [-0.05, 0) is 30.2 Å². The molecule has 0 aliphatic carbocycles. The van der Waals surface area contributed by atoms with Crippen molar-refractivity contribution in [2.24, 2.45) is 0 Å². The minimum absolute atomic E-state index is 0.137. The van der Waals surface area contributed by atoms with Crippen LogP contribution >= 0.6 is 15.9 Å². The average molecular weight is 400 g/mol. The number of fused-ring (bicyclic) bond motifs is 2. The molecule has 0 radical (unpaired) electrons. The van der Waals surface area contributed by atoms with Gasteiger partial charge in [0.2, 0.25) is 5.60 Å². The fourth-order valence-electron chi connectivity index (χ4n) is 3.99. The van der Waals surface area contributed by atoms with Gasteiger partial charge >= 0.3 is 5.97 Å². The van der Waals surface area contributed by atoms with E-state index in [2.05, 4.69) is 15.9 Å². The molecule has 2 atom stereocenters. The Morgan fingerprint density at radius 3 is 2.68 bits per heavy atom. The molecule has 0 unspecified atom stereocenters. The Bertz CT molecular complexity index is 851. The van der Waals surface area contributed by atoms with Gasteiger partial charge in [0.1, 0.15) is 0 Å². The molecule has 1 amide bonds. The average Bonchev–Trinajstić information content (AvgIpc) is 3.08. The van der Waals surface area contributed by atoms with Gasteiger partial charge in [-0.2, -0.15) is 0 Å². The molecule has 2 aromatic carbocycles. The molecule has 0 N–H and O–H groups in total. The standard InChI is InChI=1S/C20H18BrNO3/c1-2-10-22-17-9-8-14(21)11-16(17)20(19(22)24)15(12-18(23)25-20)13-6-4-3-5-7-13/h3-9,11,15H,2,10,12H2,1H3/t15-,20-/m0/s1. The van der Waals surface area contributed by atoms with Gasteiger partial charge in [-0.1, -0.05) is 53.2 Å². The number of nitrogens with zero attached hydrogens (tertiary/aromatic N) is 1. The summed E-state index contributed by atoms with van der Waals surface area (Å²) in [6.07, 6.45) is 1.04. The van der Waals surface area contributed by atoms with Gasteiger partial charge in [0.25, 0.3) is 5.91 Å². The monoisotopic (exact) mass is 399 g/mol. The fraction of sp³-hybridized carbons (Fsp3) is 0.300. The lowest BCUT2D eigenvalue weighted by Gasteiger charge is -2.29. The van der Waals surface area contributed by atoms with Gasteiger partial charge in [-0.15, -0.1) is 0 Å². The molecule has 2 aliphatic rings. The Kier molecular flexibility index (Phi) is 3.91. The summed E-state index contributed by atoms with van der Waals surface area (Å²) in [5.41, 5.74) is 1.31. The highest BCUT2D eigenvalue weighted by Crippen LogP contribution is 2.55. The summed E-state index contributed by atoms with van der Waals surface area (Å²) in [5, 5.41) is 0. The van der Waals surface area contributed by atoms with Gasteiger partial charge in [0.15, 0.2) is 0 Å². The Morgan fingerprint density at radius 1 is 1.20 bits per heavy atom. The molecule has 0 bridgehead atoms. The molecule has 25 heavy (non-hydrogen) atoms. The van der Waals surface area contributed by atoms with Crippen molar-refractivity contribution in [3.05, 3.63) is 64.1 Å². The second-order valence-electron chi connectivity index (χ2n) is 6.50. The maximum atomic E-state index is 13.5. The molecule has 4 nitrogen and oxygen atoms in total. The van der Waals surface area contributed by atoms with E-state index in [1.807, 2.05) is 55.5 Å². The van der Waals surface area contributed by atoms with Crippen LogP contribution in [0.3, 0.4) is 0 Å². The first-order valence-electron chi connectivity index (χ1n) is 8.46. The van der Waals surface area contributed by atoms with Crippen molar-refractivity contribution in [1.82, 2.24) is 0 Å². The topological polar surface area (TPSA) is 46.6 Å². The molecule has 1 spiro atoms. The highest BCUT2D eigenvalue weighted by Gasteiger charge is 2.63. The first-order valence-corrected chi connectivity index (χ1v) is 9.26. The maximum Gasteiger partial charge on any atom is 0.308 e. The first kappa shape index (κ1) is 16.3. The first-order chi connectivity index (χ1) is 12.1. The van der Waals surface area contributed by atoms with Gasteiger partial charge in [0.05, 0.1) is 12.1 Å². The predicted molar refractivity (Wildman–Crippen MR) is 98.4 cm³/mol. The van der Waals surface area contributed by atoms with E-state index in [0.717, 1.165) is 27.7 Å². The lowest BCUT2D eigenvalue weighted by atomic mass is 9.78. The number of carbonyl (C=O) groups excluding carboxylic acids is 2. The van der Waals surface area contributed by atoms with Gasteiger partial charge < -0.3 is 9.64 Å². The van der Waals surface area contributed by atoms with Crippen LogP contribution in [0.1, 0.15) is 36.8 Å². The van der Waals surface area contributed by atoms with E-state index in [1.54, 1.807) is 4.90 Å². The van der Waals surface area contributed by atoms with Crippen LogP contribution in [0.5, 0.6) is 0 Å². The summed E-state index contributed by atoms with van der Waals surface area (Å²) in [5.74, 6) is -0.780. The van der Waals surface area contributed by atoms with Crippen molar-refractivity contribution in [3.8, 4) is 0 Å². The van der Waals surface area contributed by atoms with Crippen molar-refractivity contribution in [3.63, 3.8) is 0 Å². The third kappa shape index (κ3) is 2.33. The van der Waals surface area contributed by atoms with E-state index in [-0.39, 0.29) is 24.2 Å². The number of halogens is 1. The zero-order valence-corrected chi connectivity index (χ0v) is 15.5. The number of esters is 1. The highest BCUT2D eigenvalue weighted by molar-refractivity contribution is 9.10. The van der Waals surface area contributed by atoms with Crippen molar-refractivity contribution in [1.29, 1.82) is 0 Å².